The van der Waals surface area contributed by atoms with Gasteiger partial charge in [0.05, 0.1) is 29.3 Å². The summed E-state index contributed by atoms with van der Waals surface area (Å²) < 4.78 is 38.2. The van der Waals surface area contributed by atoms with Crippen LogP contribution in [0.2, 0.25) is 0 Å². The van der Waals surface area contributed by atoms with Gasteiger partial charge in [-0.15, -0.1) is 13.2 Å². The van der Waals surface area contributed by atoms with Gasteiger partial charge in [0.25, 0.3) is 5.91 Å². The zero-order valence-electron chi connectivity index (χ0n) is 17.7. The van der Waals surface area contributed by atoms with Crippen molar-refractivity contribution in [2.75, 3.05) is 32.6 Å². The minimum Gasteiger partial charge on any atom is -0.493 e. The molecule has 8 nitrogen and oxygen atoms in total. The average molecular weight is 474 g/mol. The van der Waals surface area contributed by atoms with Crippen molar-refractivity contribution in [3.63, 3.8) is 0 Å². The Morgan fingerprint density at radius 1 is 1.09 bits per heavy atom. The smallest absolute Gasteiger partial charge is 0.257 e. The monoisotopic (exact) mass is 473 g/mol. The molecule has 2 aromatic carbocycles. The third-order valence-corrected chi connectivity index (χ3v) is 7.31. The number of sulfonamides is 1. The second kappa shape index (κ2) is 9.94. The number of ether oxygens (including phenoxy) is 2. The Morgan fingerprint density at radius 2 is 1.69 bits per heavy atom. The zero-order chi connectivity index (χ0) is 23.3. The highest BCUT2D eigenvalue weighted by Crippen LogP contribution is 2.36. The van der Waals surface area contributed by atoms with Crippen LogP contribution in [0.1, 0.15) is 10.4 Å². The van der Waals surface area contributed by atoms with Crippen molar-refractivity contribution < 1.29 is 22.7 Å². The van der Waals surface area contributed by atoms with E-state index in [9.17, 15) is 13.2 Å². The average Bonchev–Trinajstić information content (AvgIpc) is 3.18. The summed E-state index contributed by atoms with van der Waals surface area (Å²) in [6.45, 7) is 7.49. The summed E-state index contributed by atoms with van der Waals surface area (Å²) in [5.74, 6) is 0.711. The number of carbonyl (C=O) groups excluding carboxylic acids is 1. The highest BCUT2D eigenvalue weighted by Gasteiger charge is 2.23. The molecule has 0 spiro atoms. The molecule has 1 aromatic heterocycles. The molecule has 0 radical (unpaired) electrons. The van der Waals surface area contributed by atoms with E-state index in [-0.39, 0.29) is 18.0 Å². The first-order valence-corrected chi connectivity index (χ1v) is 11.8. The van der Waals surface area contributed by atoms with Crippen LogP contribution in [0, 0.1) is 0 Å². The molecule has 3 aromatic rings. The van der Waals surface area contributed by atoms with Crippen LogP contribution in [0.25, 0.3) is 10.2 Å². The number of aromatic nitrogens is 1. The summed E-state index contributed by atoms with van der Waals surface area (Å²) in [6.07, 6.45) is 3.01. The number of anilines is 1. The van der Waals surface area contributed by atoms with Gasteiger partial charge in [-0.3, -0.25) is 10.1 Å². The second-order valence-corrected chi connectivity index (χ2v) is 9.54. The number of amides is 1. The van der Waals surface area contributed by atoms with E-state index in [1.54, 1.807) is 19.2 Å². The van der Waals surface area contributed by atoms with Crippen LogP contribution in [-0.2, 0) is 10.0 Å². The molecule has 0 atom stereocenters. The van der Waals surface area contributed by atoms with Crippen molar-refractivity contribution in [2.45, 2.75) is 4.90 Å². The van der Waals surface area contributed by atoms with E-state index in [4.69, 9.17) is 9.47 Å². The number of rotatable bonds is 10. The second-order valence-electron chi connectivity index (χ2n) is 6.57. The maximum absolute atomic E-state index is 12.8. The lowest BCUT2D eigenvalue weighted by molar-refractivity contribution is 0.102. The fourth-order valence-corrected chi connectivity index (χ4v) is 5.22. The van der Waals surface area contributed by atoms with Gasteiger partial charge in [0.15, 0.2) is 16.6 Å². The largest absolute Gasteiger partial charge is 0.493 e. The van der Waals surface area contributed by atoms with Crippen molar-refractivity contribution in [1.29, 1.82) is 0 Å². The molecule has 0 bridgehead atoms. The molecule has 1 amide bonds. The number of hydrogen-bond donors (Lipinski definition) is 1. The van der Waals surface area contributed by atoms with E-state index >= 15 is 0 Å². The molecule has 32 heavy (non-hydrogen) atoms. The topological polar surface area (TPSA) is 97.8 Å². The Kier molecular flexibility index (Phi) is 7.29. The molecular weight excluding hydrogens is 450 g/mol. The lowest BCUT2D eigenvalue weighted by Gasteiger charge is -2.19. The highest BCUT2D eigenvalue weighted by molar-refractivity contribution is 7.89. The Balaban J connectivity index is 1.80. The molecule has 10 heteroatoms. The van der Waals surface area contributed by atoms with Gasteiger partial charge in [-0.25, -0.2) is 13.4 Å². The van der Waals surface area contributed by atoms with Gasteiger partial charge in [-0.1, -0.05) is 23.5 Å². The van der Waals surface area contributed by atoms with E-state index in [1.165, 1.54) is 59.2 Å². The van der Waals surface area contributed by atoms with Crippen LogP contribution in [0.4, 0.5) is 5.13 Å². The third kappa shape index (κ3) is 4.82. The van der Waals surface area contributed by atoms with Crippen molar-refractivity contribution in [3.05, 3.63) is 67.3 Å². The molecule has 3 rings (SSSR count). The van der Waals surface area contributed by atoms with Gasteiger partial charge >= 0.3 is 0 Å². The van der Waals surface area contributed by atoms with E-state index in [1.807, 2.05) is 0 Å². The number of methoxy groups -OCH3 is 2. The van der Waals surface area contributed by atoms with Crippen LogP contribution < -0.4 is 14.8 Å². The number of thiazole rings is 1. The maximum Gasteiger partial charge on any atom is 0.257 e. The first kappa shape index (κ1) is 23.5. The van der Waals surface area contributed by atoms with E-state index < -0.39 is 15.9 Å². The molecule has 0 saturated carbocycles. The minimum absolute atomic E-state index is 0.0805. The fourth-order valence-electron chi connectivity index (χ4n) is 2.96. The lowest BCUT2D eigenvalue weighted by atomic mass is 10.2. The predicted octanol–water partition coefficient (Wildman–Crippen LogP) is 3.93. The fraction of sp³-hybridized carbons (Fsp3) is 0.182. The summed E-state index contributed by atoms with van der Waals surface area (Å²) in [4.78, 5) is 17.2. The standard InChI is InChI=1S/C22H23N3O5S2/c1-5-11-25(12-6-2)32(27,28)16-9-7-15(8-10-16)21(26)24-22-23-17-13-18(29-3)19(30-4)14-20(17)31-22/h5-10,13-14H,1-2,11-12H2,3-4H3,(H,23,24,26). The molecule has 0 saturated heterocycles. The normalized spacial score (nSPS) is 11.3. The SMILES string of the molecule is C=CCN(CC=C)S(=O)(=O)c1ccc(C(=O)Nc2nc3cc(OC)c(OC)cc3s2)cc1. The number of fused-ring (bicyclic) bond motifs is 1. The van der Waals surface area contributed by atoms with Gasteiger partial charge in [-0.05, 0) is 24.3 Å². The Bertz CT molecular complexity index is 1200. The summed E-state index contributed by atoms with van der Waals surface area (Å²) >= 11 is 1.29. The van der Waals surface area contributed by atoms with Crippen LogP contribution in [0.15, 0.2) is 66.6 Å². The number of benzene rings is 2. The van der Waals surface area contributed by atoms with E-state index in [0.29, 0.717) is 27.7 Å². The molecule has 0 unspecified atom stereocenters. The molecule has 1 heterocycles. The first-order valence-electron chi connectivity index (χ1n) is 9.50. The predicted molar refractivity (Wildman–Crippen MR) is 126 cm³/mol. The van der Waals surface area contributed by atoms with Gasteiger partial charge < -0.3 is 9.47 Å². The molecule has 0 aliphatic rings. The minimum atomic E-state index is -3.73. The first-order chi connectivity index (χ1) is 15.3. The van der Waals surface area contributed by atoms with Crippen molar-refractivity contribution in [1.82, 2.24) is 9.29 Å². The van der Waals surface area contributed by atoms with Crippen LogP contribution in [0.3, 0.4) is 0 Å². The molecule has 168 valence electrons. The van der Waals surface area contributed by atoms with Gasteiger partial charge in [0, 0.05) is 30.8 Å². The van der Waals surface area contributed by atoms with E-state index in [0.717, 1.165) is 4.70 Å². The van der Waals surface area contributed by atoms with Crippen LogP contribution in [0.5, 0.6) is 11.5 Å². The molecule has 0 aliphatic carbocycles. The van der Waals surface area contributed by atoms with Gasteiger partial charge in [0.2, 0.25) is 10.0 Å². The molecule has 1 N–H and O–H groups in total. The third-order valence-electron chi connectivity index (χ3n) is 4.53. The van der Waals surface area contributed by atoms with Crippen LogP contribution >= 0.6 is 11.3 Å². The molecular formula is C22H23N3O5S2. The van der Waals surface area contributed by atoms with Gasteiger partial charge in [-0.2, -0.15) is 4.31 Å². The van der Waals surface area contributed by atoms with Crippen LogP contribution in [-0.4, -0.2) is 50.9 Å². The quantitative estimate of drug-likeness (QED) is 0.448. The molecule has 0 aliphatic heterocycles. The highest BCUT2D eigenvalue weighted by atomic mass is 32.2. The Labute approximate surface area is 190 Å². The zero-order valence-corrected chi connectivity index (χ0v) is 19.3. The maximum atomic E-state index is 12.8. The summed E-state index contributed by atoms with van der Waals surface area (Å²) in [7, 11) is -0.647. The summed E-state index contributed by atoms with van der Waals surface area (Å²) in [5.41, 5.74) is 0.964. The lowest BCUT2D eigenvalue weighted by Crippen LogP contribution is -2.31. The van der Waals surface area contributed by atoms with Gasteiger partial charge in [0.1, 0.15) is 0 Å². The summed E-state index contributed by atoms with van der Waals surface area (Å²) in [6, 6.07) is 9.25. The Hall–Kier alpha value is -3.21. The summed E-state index contributed by atoms with van der Waals surface area (Å²) in [5, 5.41) is 3.15. The number of nitrogens with one attached hydrogen (secondary N) is 1. The van der Waals surface area contributed by atoms with Crippen molar-refractivity contribution in [3.8, 4) is 11.5 Å². The molecule has 0 fully saturated rings. The number of nitrogens with zero attached hydrogens (tertiary/aromatic N) is 2. The van der Waals surface area contributed by atoms with E-state index in [2.05, 4.69) is 23.5 Å². The van der Waals surface area contributed by atoms with Crippen molar-refractivity contribution >= 4 is 42.6 Å². The number of carbonyl (C=O) groups is 1. The number of hydrogen-bond acceptors (Lipinski definition) is 7. The van der Waals surface area contributed by atoms with Crippen molar-refractivity contribution in [2.24, 2.45) is 0 Å². The Morgan fingerprint density at radius 3 is 2.25 bits per heavy atom.